The van der Waals surface area contributed by atoms with E-state index in [0.29, 0.717) is 5.69 Å². The molecule has 0 spiro atoms. The first-order chi connectivity index (χ1) is 14.5. The van der Waals surface area contributed by atoms with Crippen LogP contribution in [-0.2, 0) is 16.0 Å². The summed E-state index contributed by atoms with van der Waals surface area (Å²) >= 11 is 0. The molecule has 1 amide bonds. The van der Waals surface area contributed by atoms with Crippen molar-refractivity contribution >= 4 is 17.7 Å². The number of ether oxygens (including phenoxy) is 1. The maximum atomic E-state index is 13.1. The van der Waals surface area contributed by atoms with Crippen LogP contribution in [0.3, 0.4) is 0 Å². The minimum absolute atomic E-state index is 0.0738. The third-order valence-corrected chi connectivity index (χ3v) is 6.24. The number of carbonyl (C=O) groups is 2. The molecule has 1 N–H and O–H groups in total. The molecule has 3 aromatic rings. The quantitative estimate of drug-likeness (QED) is 0.684. The Morgan fingerprint density at radius 3 is 2.17 bits per heavy atom. The van der Waals surface area contributed by atoms with Crippen molar-refractivity contribution < 1.29 is 19.4 Å². The second-order valence-corrected chi connectivity index (χ2v) is 8.02. The first kappa shape index (κ1) is 18.4. The van der Waals surface area contributed by atoms with Gasteiger partial charge in [0, 0.05) is 12.3 Å². The number of hydrogen-bond donors (Lipinski definition) is 1. The monoisotopic (exact) mass is 399 g/mol. The van der Waals surface area contributed by atoms with E-state index in [4.69, 9.17) is 4.74 Å². The van der Waals surface area contributed by atoms with Crippen LogP contribution in [0.4, 0.5) is 10.5 Å². The van der Waals surface area contributed by atoms with Gasteiger partial charge in [0.25, 0.3) is 0 Å². The highest BCUT2D eigenvalue weighted by molar-refractivity contribution is 6.01. The fourth-order valence-electron chi connectivity index (χ4n) is 4.72. The fourth-order valence-corrected chi connectivity index (χ4v) is 4.72. The summed E-state index contributed by atoms with van der Waals surface area (Å²) in [4.78, 5) is 26.5. The molecule has 5 heteroatoms. The zero-order valence-electron chi connectivity index (χ0n) is 16.5. The van der Waals surface area contributed by atoms with Crippen LogP contribution in [-0.4, -0.2) is 29.3 Å². The van der Waals surface area contributed by atoms with E-state index in [2.05, 4.69) is 24.3 Å². The number of carbonyl (C=O) groups excluding carboxylic acids is 1. The number of hydrogen-bond acceptors (Lipinski definition) is 3. The molecule has 150 valence electrons. The predicted octanol–water partition coefficient (Wildman–Crippen LogP) is 4.84. The molecule has 1 aliphatic carbocycles. The van der Waals surface area contributed by atoms with Crippen molar-refractivity contribution in [1.82, 2.24) is 0 Å². The predicted molar refractivity (Wildman–Crippen MR) is 114 cm³/mol. The Hall–Kier alpha value is -3.60. The zero-order chi connectivity index (χ0) is 20.9. The highest BCUT2D eigenvalue weighted by Gasteiger charge is 2.50. The van der Waals surface area contributed by atoms with Crippen molar-refractivity contribution in [2.24, 2.45) is 0 Å². The first-order valence-electron chi connectivity index (χ1n) is 9.97. The molecule has 5 rings (SSSR count). The van der Waals surface area contributed by atoms with Gasteiger partial charge in [-0.15, -0.1) is 0 Å². The molecular weight excluding hydrogens is 378 g/mol. The van der Waals surface area contributed by atoms with E-state index in [1.54, 1.807) is 19.1 Å². The third kappa shape index (κ3) is 2.62. The van der Waals surface area contributed by atoms with Gasteiger partial charge in [-0.05, 0) is 40.8 Å². The van der Waals surface area contributed by atoms with Crippen molar-refractivity contribution in [2.45, 2.75) is 24.8 Å². The van der Waals surface area contributed by atoms with Crippen molar-refractivity contribution in [3.63, 3.8) is 0 Å². The SMILES string of the molecule is CC1(C(=O)O)Cc2ccccc2N1C(=O)OCC1c2ccccc2-c2ccccc21. The van der Waals surface area contributed by atoms with Gasteiger partial charge >= 0.3 is 12.1 Å². The number of nitrogens with zero attached hydrogens (tertiary/aromatic N) is 1. The molecule has 1 heterocycles. The Morgan fingerprint density at radius 1 is 0.967 bits per heavy atom. The van der Waals surface area contributed by atoms with Crippen LogP contribution in [0.5, 0.6) is 0 Å². The number of carboxylic acids is 1. The number of amides is 1. The van der Waals surface area contributed by atoms with Gasteiger partial charge in [-0.3, -0.25) is 4.90 Å². The van der Waals surface area contributed by atoms with E-state index in [0.717, 1.165) is 27.8 Å². The van der Waals surface area contributed by atoms with E-state index in [9.17, 15) is 14.7 Å². The maximum Gasteiger partial charge on any atom is 0.415 e. The molecule has 30 heavy (non-hydrogen) atoms. The van der Waals surface area contributed by atoms with E-state index in [1.807, 2.05) is 36.4 Å². The van der Waals surface area contributed by atoms with E-state index >= 15 is 0 Å². The summed E-state index contributed by atoms with van der Waals surface area (Å²) in [7, 11) is 0. The Bertz CT molecular complexity index is 1130. The molecule has 3 aromatic carbocycles. The average molecular weight is 399 g/mol. The van der Waals surface area contributed by atoms with Gasteiger partial charge < -0.3 is 9.84 Å². The molecule has 0 saturated carbocycles. The van der Waals surface area contributed by atoms with Crippen LogP contribution >= 0.6 is 0 Å². The number of carboxylic acid groups (broad SMARTS) is 1. The molecule has 0 bridgehead atoms. The van der Waals surface area contributed by atoms with Crippen molar-refractivity contribution in [1.29, 1.82) is 0 Å². The number of para-hydroxylation sites is 1. The molecule has 0 aromatic heterocycles. The topological polar surface area (TPSA) is 66.8 Å². The molecule has 0 radical (unpaired) electrons. The van der Waals surface area contributed by atoms with Crippen LogP contribution < -0.4 is 4.90 Å². The maximum absolute atomic E-state index is 13.1. The van der Waals surface area contributed by atoms with Gasteiger partial charge in [0.1, 0.15) is 12.1 Å². The molecule has 2 aliphatic rings. The van der Waals surface area contributed by atoms with Crippen molar-refractivity contribution in [3.8, 4) is 11.1 Å². The lowest BCUT2D eigenvalue weighted by Gasteiger charge is -2.31. The summed E-state index contributed by atoms with van der Waals surface area (Å²) in [5, 5.41) is 9.85. The zero-order valence-corrected chi connectivity index (χ0v) is 16.5. The Labute approximate surface area is 174 Å². The Balaban J connectivity index is 1.45. The van der Waals surface area contributed by atoms with Gasteiger partial charge in [-0.25, -0.2) is 9.59 Å². The van der Waals surface area contributed by atoms with Gasteiger partial charge in [0.05, 0.1) is 5.69 Å². The summed E-state index contributed by atoms with van der Waals surface area (Å²) in [6.07, 6.45) is -0.380. The van der Waals surface area contributed by atoms with Crippen LogP contribution in [0, 0.1) is 0 Å². The third-order valence-electron chi connectivity index (χ3n) is 6.24. The minimum atomic E-state index is -1.37. The molecule has 1 atom stereocenters. The second-order valence-electron chi connectivity index (χ2n) is 8.02. The fraction of sp³-hybridized carbons (Fsp3) is 0.200. The Kier molecular flexibility index (Phi) is 4.13. The van der Waals surface area contributed by atoms with Gasteiger partial charge in [0.15, 0.2) is 0 Å². The first-order valence-corrected chi connectivity index (χ1v) is 9.97. The average Bonchev–Trinajstić information content (AvgIpc) is 3.24. The normalized spacial score (nSPS) is 19.2. The summed E-state index contributed by atoms with van der Waals surface area (Å²) in [5.74, 6) is -1.12. The summed E-state index contributed by atoms with van der Waals surface area (Å²) in [6, 6.07) is 23.5. The number of fused-ring (bicyclic) bond motifs is 4. The Morgan fingerprint density at radius 2 is 1.53 bits per heavy atom. The van der Waals surface area contributed by atoms with Crippen LogP contribution in [0.25, 0.3) is 11.1 Å². The standard InChI is InChI=1S/C25H21NO4/c1-25(23(27)28)14-16-8-2-7-13-22(16)26(25)24(29)30-15-21-19-11-5-3-9-17(19)18-10-4-6-12-20(18)21/h2-13,21H,14-15H2,1H3,(H,27,28). The number of rotatable bonds is 3. The van der Waals surface area contributed by atoms with Crippen LogP contribution in [0.1, 0.15) is 29.5 Å². The van der Waals surface area contributed by atoms with Crippen LogP contribution in [0.2, 0.25) is 0 Å². The second kappa shape index (κ2) is 6.73. The van der Waals surface area contributed by atoms with E-state index in [-0.39, 0.29) is 18.9 Å². The lowest BCUT2D eigenvalue weighted by atomic mass is 9.97. The summed E-state index contributed by atoms with van der Waals surface area (Å²) in [6.45, 7) is 1.72. The minimum Gasteiger partial charge on any atom is -0.479 e. The van der Waals surface area contributed by atoms with E-state index in [1.165, 1.54) is 4.90 Å². The highest BCUT2D eigenvalue weighted by atomic mass is 16.6. The smallest absolute Gasteiger partial charge is 0.415 e. The lowest BCUT2D eigenvalue weighted by molar-refractivity contribution is -0.142. The molecule has 1 unspecified atom stereocenters. The largest absolute Gasteiger partial charge is 0.479 e. The van der Waals surface area contributed by atoms with Crippen LogP contribution in [0.15, 0.2) is 72.8 Å². The van der Waals surface area contributed by atoms with Gasteiger partial charge in [0.2, 0.25) is 0 Å². The molecule has 1 aliphatic heterocycles. The molecular formula is C25H21NO4. The number of anilines is 1. The molecule has 0 fully saturated rings. The number of aliphatic carboxylic acids is 1. The summed E-state index contributed by atoms with van der Waals surface area (Å²) < 4.78 is 5.75. The molecule has 5 nitrogen and oxygen atoms in total. The van der Waals surface area contributed by atoms with Gasteiger partial charge in [-0.2, -0.15) is 0 Å². The summed E-state index contributed by atoms with van der Waals surface area (Å²) in [5.41, 5.74) is 4.60. The lowest BCUT2D eigenvalue weighted by Crippen LogP contribution is -2.53. The van der Waals surface area contributed by atoms with E-state index < -0.39 is 17.6 Å². The molecule has 0 saturated heterocycles. The van der Waals surface area contributed by atoms with Gasteiger partial charge in [-0.1, -0.05) is 66.7 Å². The van der Waals surface area contributed by atoms with Crippen molar-refractivity contribution in [2.75, 3.05) is 11.5 Å². The highest BCUT2D eigenvalue weighted by Crippen LogP contribution is 2.45. The van der Waals surface area contributed by atoms with Crippen molar-refractivity contribution in [3.05, 3.63) is 89.5 Å². The number of benzene rings is 3.